The van der Waals surface area contributed by atoms with E-state index < -0.39 is 0 Å². The SMILES string of the molecule is Clc1c(N2CCc3nc(N4CCc5ccccc54)ccc3C2)cccc1-n1cccn1. The zero-order valence-corrected chi connectivity index (χ0v) is 17.8. The number of benzene rings is 2. The molecule has 2 aliphatic heterocycles. The molecule has 0 atom stereocenters. The van der Waals surface area contributed by atoms with Crippen molar-refractivity contribution < 1.29 is 0 Å². The van der Waals surface area contributed by atoms with Crippen LogP contribution in [-0.2, 0) is 19.4 Å². The molecule has 4 aromatic rings. The van der Waals surface area contributed by atoms with Gasteiger partial charge in [0.15, 0.2) is 0 Å². The molecular formula is C25H22ClN5. The maximum absolute atomic E-state index is 6.80. The molecule has 2 aliphatic rings. The molecule has 0 bridgehead atoms. The number of pyridine rings is 1. The Morgan fingerprint density at radius 1 is 0.774 bits per heavy atom. The molecule has 2 aromatic heterocycles. The van der Waals surface area contributed by atoms with E-state index in [1.54, 1.807) is 6.20 Å². The topological polar surface area (TPSA) is 37.2 Å². The van der Waals surface area contributed by atoms with Gasteiger partial charge in [-0.1, -0.05) is 41.9 Å². The molecular weight excluding hydrogens is 406 g/mol. The highest BCUT2D eigenvalue weighted by Gasteiger charge is 2.24. The standard InChI is InChI=1S/C25H22ClN5/c26-25-22(7-3-8-23(25)31-14-4-13-27-31)29-15-12-20-19(17-29)9-10-24(28-20)30-16-11-18-5-1-2-6-21(18)30/h1-10,13-14H,11-12,15-17H2. The van der Waals surface area contributed by atoms with Gasteiger partial charge in [0.05, 0.1) is 16.4 Å². The van der Waals surface area contributed by atoms with Crippen LogP contribution in [0.3, 0.4) is 0 Å². The number of aromatic nitrogens is 3. The van der Waals surface area contributed by atoms with Gasteiger partial charge in [-0.05, 0) is 47.9 Å². The average molecular weight is 428 g/mol. The van der Waals surface area contributed by atoms with E-state index in [4.69, 9.17) is 16.6 Å². The Labute approximate surface area is 186 Å². The van der Waals surface area contributed by atoms with E-state index in [2.05, 4.69) is 57.4 Å². The van der Waals surface area contributed by atoms with E-state index >= 15 is 0 Å². The van der Waals surface area contributed by atoms with Crippen LogP contribution in [0.5, 0.6) is 0 Å². The van der Waals surface area contributed by atoms with Crippen molar-refractivity contribution in [2.45, 2.75) is 19.4 Å². The molecule has 0 saturated heterocycles. The lowest BCUT2D eigenvalue weighted by atomic mass is 10.0. The number of para-hydroxylation sites is 1. The summed E-state index contributed by atoms with van der Waals surface area (Å²) in [6.45, 7) is 2.69. The van der Waals surface area contributed by atoms with Gasteiger partial charge < -0.3 is 9.80 Å². The first-order valence-electron chi connectivity index (χ1n) is 10.7. The fourth-order valence-corrected chi connectivity index (χ4v) is 5.01. The van der Waals surface area contributed by atoms with Crippen LogP contribution in [0.1, 0.15) is 16.8 Å². The number of hydrogen-bond acceptors (Lipinski definition) is 4. The van der Waals surface area contributed by atoms with Gasteiger partial charge in [-0.2, -0.15) is 5.10 Å². The molecule has 4 heterocycles. The second-order valence-corrected chi connectivity index (χ2v) is 8.42. The summed E-state index contributed by atoms with van der Waals surface area (Å²) in [4.78, 5) is 9.73. The maximum atomic E-state index is 6.80. The van der Waals surface area contributed by atoms with Gasteiger partial charge in [0.25, 0.3) is 0 Å². The molecule has 6 heteroatoms. The van der Waals surface area contributed by atoms with Gasteiger partial charge in [-0.25, -0.2) is 9.67 Å². The molecule has 0 fully saturated rings. The van der Waals surface area contributed by atoms with Crippen LogP contribution in [0.4, 0.5) is 17.2 Å². The molecule has 0 radical (unpaired) electrons. The normalized spacial score (nSPS) is 15.1. The first kappa shape index (κ1) is 18.5. The Bertz CT molecular complexity index is 1250. The minimum atomic E-state index is 0.730. The summed E-state index contributed by atoms with van der Waals surface area (Å²) in [5.41, 5.74) is 7.09. The Morgan fingerprint density at radius 3 is 2.55 bits per heavy atom. The van der Waals surface area contributed by atoms with Gasteiger partial charge in [0.2, 0.25) is 0 Å². The van der Waals surface area contributed by atoms with Gasteiger partial charge in [-0.3, -0.25) is 0 Å². The van der Waals surface area contributed by atoms with Crippen LogP contribution >= 0.6 is 11.6 Å². The predicted molar refractivity (Wildman–Crippen MR) is 125 cm³/mol. The summed E-state index contributed by atoms with van der Waals surface area (Å²) < 4.78 is 1.81. The highest BCUT2D eigenvalue weighted by Crippen LogP contribution is 2.36. The van der Waals surface area contributed by atoms with Crippen molar-refractivity contribution in [3.05, 3.63) is 94.9 Å². The average Bonchev–Trinajstić information content (AvgIpc) is 3.49. The third-order valence-corrected chi connectivity index (χ3v) is 6.63. The Morgan fingerprint density at radius 2 is 1.65 bits per heavy atom. The van der Waals surface area contributed by atoms with Crippen LogP contribution in [0.15, 0.2) is 73.1 Å². The molecule has 0 amide bonds. The zero-order chi connectivity index (χ0) is 20.8. The fraction of sp³-hybridized carbons (Fsp3) is 0.200. The molecule has 0 spiro atoms. The first-order valence-corrected chi connectivity index (χ1v) is 11.0. The summed E-state index contributed by atoms with van der Waals surface area (Å²) in [6.07, 6.45) is 5.66. The van der Waals surface area contributed by atoms with E-state index in [-0.39, 0.29) is 0 Å². The third-order valence-electron chi connectivity index (χ3n) is 6.25. The number of rotatable bonds is 3. The summed E-state index contributed by atoms with van der Waals surface area (Å²) in [7, 11) is 0. The van der Waals surface area contributed by atoms with Crippen molar-refractivity contribution >= 4 is 28.8 Å². The monoisotopic (exact) mass is 427 g/mol. The molecule has 0 unspecified atom stereocenters. The third kappa shape index (κ3) is 3.17. The molecule has 6 rings (SSSR count). The van der Waals surface area contributed by atoms with Crippen LogP contribution in [-0.4, -0.2) is 27.9 Å². The summed E-state index contributed by atoms with van der Waals surface area (Å²) in [6, 6.07) is 21.1. The highest BCUT2D eigenvalue weighted by atomic mass is 35.5. The van der Waals surface area contributed by atoms with Crippen molar-refractivity contribution in [3.63, 3.8) is 0 Å². The fourth-order valence-electron chi connectivity index (χ4n) is 4.68. The van der Waals surface area contributed by atoms with Crippen molar-refractivity contribution in [1.82, 2.24) is 14.8 Å². The van der Waals surface area contributed by atoms with Gasteiger partial charge >= 0.3 is 0 Å². The van der Waals surface area contributed by atoms with Crippen LogP contribution in [0.2, 0.25) is 5.02 Å². The van der Waals surface area contributed by atoms with Crippen molar-refractivity contribution in [3.8, 4) is 5.69 Å². The van der Waals surface area contributed by atoms with E-state index in [0.29, 0.717) is 0 Å². The lowest BCUT2D eigenvalue weighted by molar-refractivity contribution is 0.710. The largest absolute Gasteiger partial charge is 0.365 e. The minimum Gasteiger partial charge on any atom is -0.365 e. The van der Waals surface area contributed by atoms with E-state index in [1.807, 2.05) is 29.1 Å². The highest BCUT2D eigenvalue weighted by molar-refractivity contribution is 6.35. The Balaban J connectivity index is 1.28. The first-order chi connectivity index (χ1) is 15.3. The number of nitrogens with zero attached hydrogens (tertiary/aromatic N) is 5. The van der Waals surface area contributed by atoms with Crippen LogP contribution in [0, 0.1) is 0 Å². The molecule has 5 nitrogen and oxygen atoms in total. The van der Waals surface area contributed by atoms with Crippen molar-refractivity contribution in [1.29, 1.82) is 0 Å². The zero-order valence-electron chi connectivity index (χ0n) is 17.1. The molecule has 0 aliphatic carbocycles. The second-order valence-electron chi connectivity index (χ2n) is 8.04. The lowest BCUT2D eigenvalue weighted by Gasteiger charge is -2.32. The lowest BCUT2D eigenvalue weighted by Crippen LogP contribution is -2.31. The van der Waals surface area contributed by atoms with Crippen molar-refractivity contribution in [2.75, 3.05) is 22.9 Å². The molecule has 2 aromatic carbocycles. The van der Waals surface area contributed by atoms with Crippen LogP contribution in [0.25, 0.3) is 5.69 Å². The van der Waals surface area contributed by atoms with E-state index in [1.165, 1.54) is 22.5 Å². The van der Waals surface area contributed by atoms with E-state index in [9.17, 15) is 0 Å². The minimum absolute atomic E-state index is 0.730. The summed E-state index contributed by atoms with van der Waals surface area (Å²) in [5, 5.41) is 5.06. The quantitative estimate of drug-likeness (QED) is 0.451. The predicted octanol–water partition coefficient (Wildman–Crippen LogP) is 5.18. The maximum Gasteiger partial charge on any atom is 0.133 e. The molecule has 0 saturated carbocycles. The molecule has 154 valence electrons. The summed E-state index contributed by atoms with van der Waals surface area (Å²) >= 11 is 6.80. The number of anilines is 3. The molecule has 31 heavy (non-hydrogen) atoms. The smallest absolute Gasteiger partial charge is 0.133 e. The van der Waals surface area contributed by atoms with E-state index in [0.717, 1.165) is 54.7 Å². The Hall–Kier alpha value is -3.31. The number of halogens is 1. The van der Waals surface area contributed by atoms with Gasteiger partial charge in [-0.15, -0.1) is 0 Å². The van der Waals surface area contributed by atoms with Crippen LogP contribution < -0.4 is 9.80 Å². The summed E-state index contributed by atoms with van der Waals surface area (Å²) in [5.74, 6) is 1.05. The molecule has 0 N–H and O–H groups in total. The second kappa shape index (κ2) is 7.43. The van der Waals surface area contributed by atoms with Crippen molar-refractivity contribution in [2.24, 2.45) is 0 Å². The number of hydrogen-bond donors (Lipinski definition) is 0. The number of fused-ring (bicyclic) bond motifs is 2. The van der Waals surface area contributed by atoms with Gasteiger partial charge in [0.1, 0.15) is 5.82 Å². The Kier molecular flexibility index (Phi) is 4.42. The van der Waals surface area contributed by atoms with Gasteiger partial charge in [0, 0.05) is 49.8 Å².